The molecule has 1 heterocycles. The van der Waals surface area contributed by atoms with E-state index in [0.29, 0.717) is 24.1 Å². The third kappa shape index (κ3) is 4.66. The average Bonchev–Trinajstić information content (AvgIpc) is 2.73. The fraction of sp³-hybridized carbons (Fsp3) is 0.727. The van der Waals surface area contributed by atoms with Crippen molar-refractivity contribution in [1.29, 1.82) is 0 Å². The summed E-state index contributed by atoms with van der Waals surface area (Å²) in [4.78, 5) is 14.6. The quantitative estimate of drug-likeness (QED) is 0.777. The highest BCUT2D eigenvalue weighted by molar-refractivity contribution is 7.99. The first-order valence-corrected chi connectivity index (χ1v) is 6.93. The van der Waals surface area contributed by atoms with Gasteiger partial charge in [0, 0.05) is 6.61 Å². The van der Waals surface area contributed by atoms with Crippen LogP contribution >= 0.6 is 11.8 Å². The Labute approximate surface area is 110 Å². The van der Waals surface area contributed by atoms with Gasteiger partial charge in [-0.1, -0.05) is 19.0 Å². The molecule has 0 amide bonds. The maximum atomic E-state index is 10.4. The molecule has 0 aromatic carbocycles. The lowest BCUT2D eigenvalue weighted by Crippen LogP contribution is -2.12. The van der Waals surface area contributed by atoms with Crippen LogP contribution in [-0.2, 0) is 15.3 Å². The Hall–Kier alpha value is -1.08. The number of thioether (sulfide) groups is 1. The minimum absolute atomic E-state index is 0.0246. The van der Waals surface area contributed by atoms with Crippen LogP contribution in [0.15, 0.2) is 4.52 Å². The van der Waals surface area contributed by atoms with Crippen LogP contribution in [0, 0.1) is 5.92 Å². The predicted molar refractivity (Wildman–Crippen MR) is 67.3 cm³/mol. The molecule has 0 fully saturated rings. The molecule has 102 valence electrons. The highest BCUT2D eigenvalue weighted by Gasteiger charge is 2.22. The van der Waals surface area contributed by atoms with Crippen molar-refractivity contribution in [3.63, 3.8) is 0 Å². The van der Waals surface area contributed by atoms with Crippen LogP contribution in [0.25, 0.3) is 0 Å². The number of aromatic nitrogens is 2. The second-order valence-electron chi connectivity index (χ2n) is 4.05. The molecular formula is C11H18N2O4S. The van der Waals surface area contributed by atoms with E-state index in [2.05, 4.69) is 10.1 Å². The first kappa shape index (κ1) is 15.0. The van der Waals surface area contributed by atoms with Crippen molar-refractivity contribution >= 4 is 17.7 Å². The zero-order valence-corrected chi connectivity index (χ0v) is 11.6. The van der Waals surface area contributed by atoms with E-state index < -0.39 is 5.97 Å². The van der Waals surface area contributed by atoms with Crippen LogP contribution in [0.4, 0.5) is 0 Å². The zero-order chi connectivity index (χ0) is 13.5. The Morgan fingerprint density at radius 2 is 2.28 bits per heavy atom. The van der Waals surface area contributed by atoms with E-state index in [1.54, 1.807) is 0 Å². The van der Waals surface area contributed by atoms with Gasteiger partial charge in [0.05, 0.1) is 11.5 Å². The molecule has 0 radical (unpaired) electrons. The van der Waals surface area contributed by atoms with Gasteiger partial charge in [0.1, 0.15) is 6.10 Å². The van der Waals surface area contributed by atoms with Crippen molar-refractivity contribution in [2.24, 2.45) is 5.92 Å². The summed E-state index contributed by atoms with van der Waals surface area (Å²) in [6, 6.07) is 0. The summed E-state index contributed by atoms with van der Waals surface area (Å²) in [7, 11) is 0. The molecule has 1 rings (SSSR count). The van der Waals surface area contributed by atoms with Gasteiger partial charge >= 0.3 is 5.97 Å². The maximum absolute atomic E-state index is 10.4. The number of carboxylic acids is 1. The Morgan fingerprint density at radius 3 is 2.83 bits per heavy atom. The summed E-state index contributed by atoms with van der Waals surface area (Å²) in [5.74, 6) is 0.781. The largest absolute Gasteiger partial charge is 0.481 e. The lowest BCUT2D eigenvalue weighted by Gasteiger charge is -2.16. The standard InChI is InChI=1S/C11H18N2O4S/c1-4-16-10(7(2)3)11-12-8(17-13-11)5-18-6-9(14)15/h7,10H,4-6H2,1-3H3,(H,14,15). The fourth-order valence-electron chi connectivity index (χ4n) is 1.41. The highest BCUT2D eigenvalue weighted by atomic mass is 32.2. The van der Waals surface area contributed by atoms with Crippen molar-refractivity contribution in [2.45, 2.75) is 32.6 Å². The van der Waals surface area contributed by atoms with Crippen LogP contribution < -0.4 is 0 Å². The van der Waals surface area contributed by atoms with Gasteiger partial charge in [0.25, 0.3) is 0 Å². The van der Waals surface area contributed by atoms with Crippen LogP contribution in [0.1, 0.15) is 38.6 Å². The van der Waals surface area contributed by atoms with E-state index in [1.807, 2.05) is 20.8 Å². The van der Waals surface area contributed by atoms with E-state index >= 15 is 0 Å². The van der Waals surface area contributed by atoms with Crippen molar-refractivity contribution < 1.29 is 19.2 Å². The Bertz CT molecular complexity index is 381. The summed E-state index contributed by atoms with van der Waals surface area (Å²) in [5, 5.41) is 12.4. The summed E-state index contributed by atoms with van der Waals surface area (Å²) >= 11 is 1.22. The molecule has 0 aliphatic rings. The van der Waals surface area contributed by atoms with Crippen LogP contribution in [0.2, 0.25) is 0 Å². The van der Waals surface area contributed by atoms with Crippen molar-refractivity contribution in [1.82, 2.24) is 10.1 Å². The fourth-order valence-corrected chi connectivity index (χ4v) is 1.98. The number of hydrogen-bond acceptors (Lipinski definition) is 6. The SMILES string of the molecule is CCOC(c1noc(CSCC(=O)O)n1)C(C)C. The number of carboxylic acid groups (broad SMARTS) is 1. The minimum Gasteiger partial charge on any atom is -0.481 e. The molecule has 1 aromatic rings. The van der Waals surface area contributed by atoms with E-state index in [1.165, 1.54) is 11.8 Å². The first-order valence-electron chi connectivity index (χ1n) is 5.78. The number of rotatable bonds is 8. The Morgan fingerprint density at radius 1 is 1.56 bits per heavy atom. The number of hydrogen-bond donors (Lipinski definition) is 1. The van der Waals surface area contributed by atoms with E-state index in [-0.39, 0.29) is 17.8 Å². The summed E-state index contributed by atoms with van der Waals surface area (Å²) in [6.07, 6.45) is -0.183. The lowest BCUT2D eigenvalue weighted by molar-refractivity contribution is -0.133. The average molecular weight is 274 g/mol. The molecule has 1 N–H and O–H groups in total. The van der Waals surface area contributed by atoms with E-state index in [0.717, 1.165) is 0 Å². The van der Waals surface area contributed by atoms with Gasteiger partial charge in [-0.15, -0.1) is 11.8 Å². The summed E-state index contributed by atoms with van der Waals surface area (Å²) in [5.41, 5.74) is 0. The first-order chi connectivity index (χ1) is 8.54. The second kappa shape index (κ2) is 7.38. The van der Waals surface area contributed by atoms with Gasteiger partial charge in [0.15, 0.2) is 0 Å². The molecular weight excluding hydrogens is 256 g/mol. The molecule has 0 saturated carbocycles. The van der Waals surface area contributed by atoms with Crippen LogP contribution in [0.5, 0.6) is 0 Å². The number of ether oxygens (including phenoxy) is 1. The molecule has 1 unspecified atom stereocenters. The molecule has 6 nitrogen and oxygen atoms in total. The van der Waals surface area contributed by atoms with Gasteiger partial charge < -0.3 is 14.4 Å². The van der Waals surface area contributed by atoms with Gasteiger partial charge in [-0.2, -0.15) is 4.98 Å². The van der Waals surface area contributed by atoms with Gasteiger partial charge in [0.2, 0.25) is 11.7 Å². The Balaban J connectivity index is 2.57. The number of aliphatic carboxylic acids is 1. The third-order valence-electron chi connectivity index (χ3n) is 2.14. The molecule has 0 spiro atoms. The zero-order valence-electron chi connectivity index (χ0n) is 10.8. The lowest BCUT2D eigenvalue weighted by atomic mass is 10.1. The normalized spacial score (nSPS) is 12.9. The van der Waals surface area contributed by atoms with Gasteiger partial charge in [-0.05, 0) is 12.8 Å². The van der Waals surface area contributed by atoms with Crippen LogP contribution in [0.3, 0.4) is 0 Å². The Kier molecular flexibility index (Phi) is 6.14. The predicted octanol–water partition coefficient (Wildman–Crippen LogP) is 2.12. The molecule has 18 heavy (non-hydrogen) atoms. The minimum atomic E-state index is -0.853. The molecule has 0 bridgehead atoms. The smallest absolute Gasteiger partial charge is 0.313 e. The van der Waals surface area contributed by atoms with E-state index in [4.69, 9.17) is 14.4 Å². The molecule has 7 heteroatoms. The van der Waals surface area contributed by atoms with Crippen molar-refractivity contribution in [3.05, 3.63) is 11.7 Å². The third-order valence-corrected chi connectivity index (χ3v) is 3.04. The molecule has 0 aliphatic heterocycles. The van der Waals surface area contributed by atoms with Gasteiger partial charge in [-0.25, -0.2) is 0 Å². The van der Waals surface area contributed by atoms with Crippen molar-refractivity contribution in [3.8, 4) is 0 Å². The van der Waals surface area contributed by atoms with Crippen molar-refractivity contribution in [2.75, 3.05) is 12.4 Å². The van der Waals surface area contributed by atoms with Crippen LogP contribution in [-0.4, -0.2) is 33.6 Å². The number of nitrogens with zero attached hydrogens (tertiary/aromatic N) is 2. The molecule has 0 aliphatic carbocycles. The van der Waals surface area contributed by atoms with E-state index in [9.17, 15) is 4.79 Å². The highest BCUT2D eigenvalue weighted by Crippen LogP contribution is 2.23. The monoisotopic (exact) mass is 274 g/mol. The summed E-state index contributed by atoms with van der Waals surface area (Å²) < 4.78 is 10.6. The maximum Gasteiger partial charge on any atom is 0.313 e. The molecule has 1 aromatic heterocycles. The number of carbonyl (C=O) groups is 1. The van der Waals surface area contributed by atoms with Gasteiger partial charge in [-0.3, -0.25) is 4.79 Å². The second-order valence-corrected chi connectivity index (χ2v) is 5.04. The topological polar surface area (TPSA) is 85.5 Å². The summed E-state index contributed by atoms with van der Waals surface area (Å²) in [6.45, 7) is 6.55. The molecule has 1 atom stereocenters. The molecule has 0 saturated heterocycles.